The van der Waals surface area contributed by atoms with E-state index in [4.69, 9.17) is 17.6 Å². The first kappa shape index (κ1) is 12.7. The van der Waals surface area contributed by atoms with Crippen molar-refractivity contribution in [2.24, 2.45) is 0 Å². The number of hydrogen-bond donors (Lipinski definition) is 1. The fourth-order valence-corrected chi connectivity index (χ4v) is 2.16. The Morgan fingerprint density at radius 1 is 1.22 bits per heavy atom. The summed E-state index contributed by atoms with van der Waals surface area (Å²) in [6.45, 7) is 2.95. The van der Waals surface area contributed by atoms with Crippen LogP contribution in [0, 0.1) is 5.41 Å². The zero-order valence-corrected chi connectivity index (χ0v) is 11.0. The number of thiocarbonyl (C=S) groups is 1. The highest BCUT2D eigenvalue weighted by atomic mass is 32.1. The number of rotatable bonds is 4. The maximum Gasteiger partial charge on any atom is 0.331 e. The molecule has 0 saturated carbocycles. The highest BCUT2D eigenvalue weighted by molar-refractivity contribution is 7.82. The van der Waals surface area contributed by atoms with Gasteiger partial charge in [-0.05, 0) is 12.0 Å². The standard InChI is InChI=1S/C13H15N3OS/c1-2-8-15-11(14)12(18)16(13(15)17)9-10-6-4-3-5-7-10/h3-7,14H,2,8-9H2,1H3. The van der Waals surface area contributed by atoms with Crippen LogP contribution in [-0.2, 0) is 6.54 Å². The minimum Gasteiger partial charge on any atom is -0.282 e. The lowest BCUT2D eigenvalue weighted by atomic mass is 10.2. The minimum absolute atomic E-state index is 0.146. The van der Waals surface area contributed by atoms with Crippen LogP contribution in [0.5, 0.6) is 0 Å². The SMILES string of the molecule is CCCN1C(=N)C(=S)N(Cc2ccccc2)C1=O. The van der Waals surface area contributed by atoms with E-state index in [9.17, 15) is 4.79 Å². The second-order valence-corrected chi connectivity index (χ2v) is 4.55. The van der Waals surface area contributed by atoms with Crippen molar-refractivity contribution in [2.45, 2.75) is 19.9 Å². The van der Waals surface area contributed by atoms with Crippen molar-refractivity contribution < 1.29 is 4.79 Å². The molecule has 2 rings (SSSR count). The van der Waals surface area contributed by atoms with Crippen LogP contribution in [0.25, 0.3) is 0 Å². The van der Waals surface area contributed by atoms with Gasteiger partial charge in [0.25, 0.3) is 0 Å². The number of benzene rings is 1. The van der Waals surface area contributed by atoms with E-state index in [0.717, 1.165) is 12.0 Å². The van der Waals surface area contributed by atoms with Crippen LogP contribution in [0.4, 0.5) is 4.79 Å². The average Bonchev–Trinajstić information content (AvgIpc) is 2.58. The summed E-state index contributed by atoms with van der Waals surface area (Å²) in [5.41, 5.74) is 1.01. The first-order chi connectivity index (χ1) is 8.65. The van der Waals surface area contributed by atoms with Gasteiger partial charge < -0.3 is 0 Å². The predicted octanol–water partition coefficient (Wildman–Crippen LogP) is 2.64. The molecule has 1 aromatic carbocycles. The Bertz CT molecular complexity index is 486. The Morgan fingerprint density at radius 2 is 1.89 bits per heavy atom. The summed E-state index contributed by atoms with van der Waals surface area (Å²) in [4.78, 5) is 15.4. The van der Waals surface area contributed by atoms with Crippen LogP contribution in [0.3, 0.4) is 0 Å². The molecule has 1 N–H and O–H groups in total. The van der Waals surface area contributed by atoms with Gasteiger partial charge in [0.2, 0.25) is 0 Å². The maximum absolute atomic E-state index is 12.1. The van der Waals surface area contributed by atoms with Gasteiger partial charge in [0.15, 0.2) is 10.8 Å². The molecule has 0 aliphatic carbocycles. The van der Waals surface area contributed by atoms with Crippen molar-refractivity contribution >= 4 is 29.1 Å². The predicted molar refractivity (Wildman–Crippen MR) is 74.7 cm³/mol. The first-order valence-electron chi connectivity index (χ1n) is 5.91. The van der Waals surface area contributed by atoms with E-state index in [1.807, 2.05) is 37.3 Å². The number of amides is 2. The van der Waals surface area contributed by atoms with Gasteiger partial charge in [-0.25, -0.2) is 4.79 Å². The molecule has 1 aromatic rings. The Balaban J connectivity index is 2.17. The molecular weight excluding hydrogens is 246 g/mol. The number of carbonyl (C=O) groups is 1. The van der Waals surface area contributed by atoms with Gasteiger partial charge >= 0.3 is 6.03 Å². The van der Waals surface area contributed by atoms with Gasteiger partial charge in [-0.15, -0.1) is 0 Å². The molecule has 4 nitrogen and oxygen atoms in total. The summed E-state index contributed by atoms with van der Waals surface area (Å²) in [6, 6.07) is 9.49. The molecule has 1 aliphatic heterocycles. The van der Waals surface area contributed by atoms with E-state index in [0.29, 0.717) is 18.1 Å². The molecule has 94 valence electrons. The van der Waals surface area contributed by atoms with E-state index in [1.165, 1.54) is 9.80 Å². The van der Waals surface area contributed by atoms with E-state index in [2.05, 4.69) is 0 Å². The van der Waals surface area contributed by atoms with Crippen molar-refractivity contribution in [2.75, 3.05) is 6.54 Å². The number of nitrogens with one attached hydrogen (secondary N) is 1. The van der Waals surface area contributed by atoms with Crippen molar-refractivity contribution in [1.82, 2.24) is 9.80 Å². The van der Waals surface area contributed by atoms with Crippen molar-refractivity contribution in [3.63, 3.8) is 0 Å². The van der Waals surface area contributed by atoms with Crippen LogP contribution in [0.2, 0.25) is 0 Å². The van der Waals surface area contributed by atoms with Gasteiger partial charge in [0, 0.05) is 6.54 Å². The molecule has 0 aromatic heterocycles. The third kappa shape index (κ3) is 2.26. The second-order valence-electron chi connectivity index (χ2n) is 4.16. The molecule has 2 amide bonds. The highest BCUT2D eigenvalue weighted by Crippen LogP contribution is 2.17. The largest absolute Gasteiger partial charge is 0.331 e. The molecule has 18 heavy (non-hydrogen) atoms. The minimum atomic E-state index is -0.185. The third-order valence-corrected chi connectivity index (χ3v) is 3.22. The normalized spacial score (nSPS) is 15.7. The molecule has 1 heterocycles. The van der Waals surface area contributed by atoms with Gasteiger partial charge in [0.05, 0.1) is 6.54 Å². The number of amidine groups is 1. The zero-order valence-electron chi connectivity index (χ0n) is 10.2. The first-order valence-corrected chi connectivity index (χ1v) is 6.31. The molecule has 0 spiro atoms. The smallest absolute Gasteiger partial charge is 0.282 e. The van der Waals surface area contributed by atoms with Crippen molar-refractivity contribution in [3.05, 3.63) is 35.9 Å². The van der Waals surface area contributed by atoms with Crippen LogP contribution in [0.15, 0.2) is 30.3 Å². The quantitative estimate of drug-likeness (QED) is 0.847. The lowest BCUT2D eigenvalue weighted by Crippen LogP contribution is -2.33. The van der Waals surface area contributed by atoms with E-state index < -0.39 is 0 Å². The van der Waals surface area contributed by atoms with E-state index in [1.54, 1.807) is 0 Å². The number of carbonyl (C=O) groups excluding carboxylic acids is 1. The Labute approximate surface area is 112 Å². The number of hydrogen-bond acceptors (Lipinski definition) is 3. The summed E-state index contributed by atoms with van der Waals surface area (Å²) in [7, 11) is 0. The van der Waals surface area contributed by atoms with Gasteiger partial charge in [-0.1, -0.05) is 49.5 Å². The summed E-state index contributed by atoms with van der Waals surface area (Å²) in [5.74, 6) is 0.146. The summed E-state index contributed by atoms with van der Waals surface area (Å²) < 4.78 is 0. The van der Waals surface area contributed by atoms with E-state index >= 15 is 0 Å². The lowest BCUT2D eigenvalue weighted by Gasteiger charge is -2.16. The molecule has 1 aliphatic rings. The zero-order chi connectivity index (χ0) is 13.1. The highest BCUT2D eigenvalue weighted by Gasteiger charge is 2.37. The van der Waals surface area contributed by atoms with Gasteiger partial charge in [-0.2, -0.15) is 0 Å². The summed E-state index contributed by atoms with van der Waals surface area (Å²) in [5, 5.41) is 7.86. The maximum atomic E-state index is 12.1. The molecule has 5 heteroatoms. The molecule has 0 atom stereocenters. The van der Waals surface area contributed by atoms with Gasteiger partial charge in [0.1, 0.15) is 0 Å². The van der Waals surface area contributed by atoms with Crippen molar-refractivity contribution in [1.29, 1.82) is 5.41 Å². The van der Waals surface area contributed by atoms with E-state index in [-0.39, 0.29) is 11.9 Å². The molecule has 1 saturated heterocycles. The molecule has 0 unspecified atom stereocenters. The van der Waals surface area contributed by atoms with Crippen molar-refractivity contribution in [3.8, 4) is 0 Å². The fourth-order valence-electron chi connectivity index (χ4n) is 1.91. The topological polar surface area (TPSA) is 47.4 Å². The number of urea groups is 1. The van der Waals surface area contributed by atoms with Gasteiger partial charge in [-0.3, -0.25) is 15.2 Å². The van der Waals surface area contributed by atoms with Crippen LogP contribution in [0.1, 0.15) is 18.9 Å². The van der Waals surface area contributed by atoms with Crippen LogP contribution in [-0.4, -0.2) is 33.2 Å². The lowest BCUT2D eigenvalue weighted by molar-refractivity contribution is 0.204. The monoisotopic (exact) mass is 261 g/mol. The average molecular weight is 261 g/mol. The third-order valence-electron chi connectivity index (χ3n) is 2.81. The summed E-state index contributed by atoms with van der Waals surface area (Å²) in [6.07, 6.45) is 0.815. The second kappa shape index (κ2) is 5.27. The molecule has 0 bridgehead atoms. The summed E-state index contributed by atoms with van der Waals surface area (Å²) >= 11 is 5.17. The molecule has 0 radical (unpaired) electrons. The van der Waals surface area contributed by atoms with Crippen LogP contribution >= 0.6 is 12.2 Å². The molecular formula is C13H15N3OS. The molecule has 1 fully saturated rings. The fraction of sp³-hybridized carbons (Fsp3) is 0.308. The Kier molecular flexibility index (Phi) is 3.72. The van der Waals surface area contributed by atoms with Crippen LogP contribution < -0.4 is 0 Å². The Morgan fingerprint density at radius 3 is 2.50 bits per heavy atom. The number of nitrogens with zero attached hydrogens (tertiary/aromatic N) is 2. The Hall–Kier alpha value is -1.75.